The van der Waals surface area contributed by atoms with Crippen LogP contribution in [-0.2, 0) is 11.0 Å². The number of halogens is 3. The van der Waals surface area contributed by atoms with Crippen LogP contribution in [-0.4, -0.2) is 29.3 Å². The number of carbonyl (C=O) groups is 2. The van der Waals surface area contributed by atoms with Crippen LogP contribution in [0.5, 0.6) is 0 Å². The number of nitrogens with one attached hydrogen (secondary N) is 4. The van der Waals surface area contributed by atoms with Gasteiger partial charge in [0.15, 0.2) is 5.13 Å². The summed E-state index contributed by atoms with van der Waals surface area (Å²) in [5, 5.41) is 14.4. The van der Waals surface area contributed by atoms with Gasteiger partial charge in [0.25, 0.3) is 5.91 Å². The van der Waals surface area contributed by atoms with Gasteiger partial charge in [-0.25, -0.2) is 4.98 Å². The van der Waals surface area contributed by atoms with Crippen molar-refractivity contribution in [3.8, 4) is 11.3 Å². The topological polar surface area (TPSA) is 108 Å². The summed E-state index contributed by atoms with van der Waals surface area (Å²) in [7, 11) is 1.85. The van der Waals surface area contributed by atoms with E-state index in [0.29, 0.717) is 17.7 Å². The molecule has 2 aromatic heterocycles. The molecule has 0 radical (unpaired) electrons. The second-order valence-electron chi connectivity index (χ2n) is 9.05. The molecule has 0 bridgehead atoms. The molecule has 0 spiro atoms. The molecule has 0 fully saturated rings. The monoisotopic (exact) mass is 664 g/mol. The molecule has 0 unspecified atom stereocenters. The third-order valence-electron chi connectivity index (χ3n) is 6.07. The predicted octanol–water partition coefficient (Wildman–Crippen LogP) is 9.88. The van der Waals surface area contributed by atoms with Gasteiger partial charge in [-0.15, -0.1) is 11.3 Å². The van der Waals surface area contributed by atoms with Crippen LogP contribution in [0.2, 0.25) is 0 Å². The van der Waals surface area contributed by atoms with Crippen molar-refractivity contribution < 1.29 is 22.8 Å². The third kappa shape index (κ3) is 11.9. The molecule has 2 amide bonds. The summed E-state index contributed by atoms with van der Waals surface area (Å²) in [6, 6.07) is 21.2. The van der Waals surface area contributed by atoms with Gasteiger partial charge in [-0.2, -0.15) is 13.2 Å². The van der Waals surface area contributed by atoms with Gasteiger partial charge in [0, 0.05) is 58.7 Å². The Kier molecular flexibility index (Phi) is 15.6. The van der Waals surface area contributed by atoms with Crippen molar-refractivity contribution in [2.45, 2.75) is 40.8 Å². The zero-order valence-electron chi connectivity index (χ0n) is 27.1. The lowest BCUT2D eigenvalue weighted by Gasteiger charge is -2.11. The summed E-state index contributed by atoms with van der Waals surface area (Å²) in [6.07, 6.45) is -0.390. The fourth-order valence-corrected chi connectivity index (χ4v) is 4.47. The minimum absolute atomic E-state index is 0.152. The summed E-state index contributed by atoms with van der Waals surface area (Å²) in [4.78, 5) is 31.3. The van der Waals surface area contributed by atoms with Crippen molar-refractivity contribution in [2.75, 3.05) is 28.3 Å². The van der Waals surface area contributed by atoms with Gasteiger partial charge in [0.1, 0.15) is 0 Å². The molecule has 0 aliphatic rings. The molecular weight excluding hydrogens is 625 g/mol. The van der Waals surface area contributed by atoms with Gasteiger partial charge in [-0.1, -0.05) is 33.8 Å². The third-order valence-corrected chi connectivity index (χ3v) is 6.83. The number of hydrogen-bond acceptors (Lipinski definition) is 7. The molecule has 0 aliphatic heterocycles. The summed E-state index contributed by atoms with van der Waals surface area (Å²) >= 11 is 1.52. The first-order valence-electron chi connectivity index (χ1n) is 14.9. The summed E-state index contributed by atoms with van der Waals surface area (Å²) in [6.45, 7) is 10.0. The smallest absolute Gasteiger partial charge is 0.388 e. The number of nitrogens with zero attached hydrogens (tertiary/aromatic N) is 2. The van der Waals surface area contributed by atoms with E-state index < -0.39 is 11.7 Å². The van der Waals surface area contributed by atoms with Crippen LogP contribution in [0.25, 0.3) is 11.3 Å². The average Bonchev–Trinajstić information content (AvgIpc) is 3.57. The fraction of sp³-hybridized carbons (Fsp3) is 0.200. The number of carbonyl (C=O) groups excluding carboxylic acids is 2. The highest BCUT2D eigenvalue weighted by Crippen LogP contribution is 2.30. The van der Waals surface area contributed by atoms with Gasteiger partial charge in [0.05, 0.1) is 11.3 Å². The summed E-state index contributed by atoms with van der Waals surface area (Å²) in [5.41, 5.74) is 5.69. The number of pyridine rings is 1. The molecule has 47 heavy (non-hydrogen) atoms. The van der Waals surface area contributed by atoms with Crippen molar-refractivity contribution >= 4 is 51.5 Å². The number of aromatic nitrogens is 2. The van der Waals surface area contributed by atoms with E-state index in [1.807, 2.05) is 89.5 Å². The Labute approximate surface area is 277 Å². The lowest BCUT2D eigenvalue weighted by Crippen LogP contribution is -2.12. The van der Waals surface area contributed by atoms with E-state index in [-0.39, 0.29) is 5.91 Å². The van der Waals surface area contributed by atoms with Gasteiger partial charge < -0.3 is 21.3 Å². The van der Waals surface area contributed by atoms with Crippen LogP contribution in [0, 0.1) is 6.92 Å². The van der Waals surface area contributed by atoms with E-state index in [1.165, 1.54) is 23.5 Å². The molecular formula is C35H39F3N6O2S. The minimum Gasteiger partial charge on any atom is -0.388 e. The van der Waals surface area contributed by atoms with E-state index in [4.69, 9.17) is 0 Å². The van der Waals surface area contributed by atoms with Crippen molar-refractivity contribution in [1.82, 2.24) is 9.97 Å². The lowest BCUT2D eigenvalue weighted by molar-refractivity contribution is -0.137. The number of rotatable bonds is 8. The van der Waals surface area contributed by atoms with Gasteiger partial charge in [0.2, 0.25) is 6.41 Å². The van der Waals surface area contributed by atoms with E-state index in [1.54, 1.807) is 24.5 Å². The molecule has 12 heteroatoms. The van der Waals surface area contributed by atoms with Crippen LogP contribution in [0.3, 0.4) is 0 Å². The number of thiazole rings is 1. The van der Waals surface area contributed by atoms with E-state index in [2.05, 4.69) is 31.2 Å². The molecule has 0 aliphatic carbocycles. The summed E-state index contributed by atoms with van der Waals surface area (Å²) in [5.74, 6) is -0.152. The number of hydrogen-bond donors (Lipinski definition) is 4. The van der Waals surface area contributed by atoms with Crippen LogP contribution in [0.1, 0.15) is 49.2 Å². The molecule has 5 aromatic rings. The normalized spacial score (nSPS) is 9.98. The largest absolute Gasteiger partial charge is 0.416 e. The summed E-state index contributed by atoms with van der Waals surface area (Å²) < 4.78 is 36.0. The Bertz CT molecular complexity index is 1660. The molecule has 8 nitrogen and oxygen atoms in total. The number of amides is 2. The Morgan fingerprint density at radius 1 is 0.872 bits per heavy atom. The maximum Gasteiger partial charge on any atom is 0.416 e. The molecule has 248 valence electrons. The van der Waals surface area contributed by atoms with Crippen molar-refractivity contribution in [3.05, 3.63) is 113 Å². The highest BCUT2D eigenvalue weighted by atomic mass is 32.1. The van der Waals surface area contributed by atoms with Gasteiger partial charge >= 0.3 is 6.18 Å². The van der Waals surface area contributed by atoms with Crippen molar-refractivity contribution in [3.63, 3.8) is 0 Å². The Hall–Kier alpha value is -5.23. The van der Waals surface area contributed by atoms with E-state index >= 15 is 0 Å². The first kappa shape index (κ1) is 38.0. The molecule has 0 saturated carbocycles. The maximum atomic E-state index is 12.6. The second kappa shape index (κ2) is 19.3. The zero-order chi connectivity index (χ0) is 34.8. The Morgan fingerprint density at radius 2 is 1.51 bits per heavy atom. The minimum atomic E-state index is -4.33. The lowest BCUT2D eigenvalue weighted by atomic mass is 10.1. The van der Waals surface area contributed by atoms with Gasteiger partial charge in [-0.05, 0) is 85.3 Å². The first-order valence-corrected chi connectivity index (χ1v) is 15.7. The number of anilines is 5. The zero-order valence-corrected chi connectivity index (χ0v) is 27.9. The molecule has 4 N–H and O–H groups in total. The van der Waals surface area contributed by atoms with Crippen molar-refractivity contribution in [2.24, 2.45) is 0 Å². The van der Waals surface area contributed by atoms with Crippen LogP contribution >= 0.6 is 11.3 Å². The second-order valence-corrected chi connectivity index (χ2v) is 9.91. The predicted molar refractivity (Wildman–Crippen MR) is 188 cm³/mol. The van der Waals surface area contributed by atoms with Crippen molar-refractivity contribution in [1.29, 1.82) is 0 Å². The van der Waals surface area contributed by atoms with E-state index in [9.17, 15) is 22.8 Å². The maximum absolute atomic E-state index is 12.6. The standard InChI is InChI=1S/C23H21N5OS.C8H6F3NO.2C2H6/c1-15-5-8-19(26-22(29)16-6-9-18(24-2)10-7-16)12-20(15)27-23-28-21(14-30-23)17-4-3-11-25-13-17;9-8(10,11)6-1-3-7(4-2-6)12-5-13;2*1-2/h3-14,24H,1-2H3,(H,26,29)(H,27,28);1-5H,(H,12,13);2*1-2H3. The van der Waals surface area contributed by atoms with Crippen LogP contribution in [0.4, 0.5) is 41.1 Å². The molecule has 0 atom stereocenters. The number of aryl methyl sites for hydroxylation is 1. The van der Waals surface area contributed by atoms with Crippen LogP contribution in [0.15, 0.2) is 96.6 Å². The van der Waals surface area contributed by atoms with Crippen LogP contribution < -0.4 is 21.3 Å². The first-order chi connectivity index (χ1) is 22.7. The molecule has 2 heterocycles. The Morgan fingerprint density at radius 3 is 2.09 bits per heavy atom. The number of benzene rings is 3. The highest BCUT2D eigenvalue weighted by molar-refractivity contribution is 7.14. The van der Waals surface area contributed by atoms with Gasteiger partial charge in [-0.3, -0.25) is 14.6 Å². The SMILES string of the molecule is CC.CC.CNc1ccc(C(=O)Nc2ccc(C)c(Nc3nc(-c4cccnc4)cs3)c2)cc1.O=CNc1ccc(C(F)(F)F)cc1. The quantitative estimate of drug-likeness (QED) is 0.123. The molecule has 5 rings (SSSR count). The fourth-order valence-electron chi connectivity index (χ4n) is 3.74. The molecule has 3 aromatic carbocycles. The average molecular weight is 665 g/mol. The molecule has 0 saturated heterocycles. The Balaban J connectivity index is 0.000000379. The van der Waals surface area contributed by atoms with E-state index in [0.717, 1.165) is 51.1 Å². The highest BCUT2D eigenvalue weighted by Gasteiger charge is 2.29. The number of alkyl halides is 3.